The van der Waals surface area contributed by atoms with Gasteiger partial charge in [0, 0.05) is 17.2 Å². The molecule has 2 aromatic rings. The van der Waals surface area contributed by atoms with Gasteiger partial charge in [0.05, 0.1) is 10.7 Å². The third-order valence-electron chi connectivity index (χ3n) is 4.73. The Balaban J connectivity index is 1.71. The molecular formula is C21H23ClN2O2. The van der Waals surface area contributed by atoms with E-state index in [9.17, 15) is 9.59 Å². The molecule has 2 aromatic carbocycles. The number of halogens is 1. The number of nitrogens with one attached hydrogen (secondary N) is 2. The first kappa shape index (κ1) is 18.5. The predicted molar refractivity (Wildman–Crippen MR) is 105 cm³/mol. The molecule has 1 fully saturated rings. The Hall–Kier alpha value is -2.33. The molecule has 0 bridgehead atoms. The van der Waals surface area contributed by atoms with Crippen molar-refractivity contribution >= 4 is 29.1 Å². The van der Waals surface area contributed by atoms with Crippen LogP contribution >= 0.6 is 11.6 Å². The summed E-state index contributed by atoms with van der Waals surface area (Å²) >= 11 is 6.20. The standard InChI is InChI=1S/C21H23ClN2O2/c1-14-7-9-15(10-8-14)20(25)24-19-13-16(11-12-18(19)22)21(26)23-17-5-3-2-4-6-17/h7-13,17H,2-6H2,1H3,(H,23,26)(H,24,25). The fraction of sp³-hybridized carbons (Fsp3) is 0.333. The molecule has 4 nitrogen and oxygen atoms in total. The lowest BCUT2D eigenvalue weighted by atomic mass is 9.95. The Morgan fingerprint density at radius 1 is 0.923 bits per heavy atom. The van der Waals surface area contributed by atoms with E-state index in [1.54, 1.807) is 30.3 Å². The van der Waals surface area contributed by atoms with Crippen molar-refractivity contribution in [3.05, 3.63) is 64.2 Å². The lowest BCUT2D eigenvalue weighted by Gasteiger charge is -2.23. The monoisotopic (exact) mass is 370 g/mol. The average molecular weight is 371 g/mol. The van der Waals surface area contributed by atoms with Crippen molar-refractivity contribution in [3.8, 4) is 0 Å². The largest absolute Gasteiger partial charge is 0.349 e. The molecule has 0 radical (unpaired) electrons. The highest BCUT2D eigenvalue weighted by Gasteiger charge is 2.18. The second-order valence-corrected chi connectivity index (χ2v) is 7.23. The van der Waals surface area contributed by atoms with Gasteiger partial charge in [0.25, 0.3) is 11.8 Å². The molecular weight excluding hydrogens is 348 g/mol. The number of rotatable bonds is 4. The fourth-order valence-electron chi connectivity index (χ4n) is 3.18. The number of hydrogen-bond donors (Lipinski definition) is 2. The van der Waals surface area contributed by atoms with Gasteiger partial charge >= 0.3 is 0 Å². The van der Waals surface area contributed by atoms with Gasteiger partial charge in [0.2, 0.25) is 0 Å². The molecule has 2 amide bonds. The molecule has 1 aliphatic carbocycles. The molecule has 0 unspecified atom stereocenters. The number of aryl methyl sites for hydroxylation is 1. The quantitative estimate of drug-likeness (QED) is 0.798. The van der Waals surface area contributed by atoms with Crippen molar-refractivity contribution in [1.82, 2.24) is 5.32 Å². The average Bonchev–Trinajstić information content (AvgIpc) is 2.64. The highest BCUT2D eigenvalue weighted by molar-refractivity contribution is 6.34. The van der Waals surface area contributed by atoms with E-state index >= 15 is 0 Å². The Labute approximate surface area is 158 Å². The minimum Gasteiger partial charge on any atom is -0.349 e. The summed E-state index contributed by atoms with van der Waals surface area (Å²) in [6.07, 6.45) is 5.60. The van der Waals surface area contributed by atoms with Gasteiger partial charge in [-0.2, -0.15) is 0 Å². The van der Waals surface area contributed by atoms with Gasteiger partial charge in [0.1, 0.15) is 0 Å². The van der Waals surface area contributed by atoms with Crippen LogP contribution in [0.4, 0.5) is 5.69 Å². The number of hydrogen-bond acceptors (Lipinski definition) is 2. The second-order valence-electron chi connectivity index (χ2n) is 6.82. The Bertz CT molecular complexity index is 796. The zero-order valence-corrected chi connectivity index (χ0v) is 15.6. The summed E-state index contributed by atoms with van der Waals surface area (Å²) in [4.78, 5) is 24.9. The number of carbonyl (C=O) groups is 2. The molecule has 2 N–H and O–H groups in total. The van der Waals surface area contributed by atoms with Crippen LogP contribution in [0.15, 0.2) is 42.5 Å². The summed E-state index contributed by atoms with van der Waals surface area (Å²) < 4.78 is 0. The zero-order valence-electron chi connectivity index (χ0n) is 14.8. The van der Waals surface area contributed by atoms with E-state index in [1.807, 2.05) is 19.1 Å². The van der Waals surface area contributed by atoms with Crippen LogP contribution in [0, 0.1) is 6.92 Å². The molecule has 0 atom stereocenters. The molecule has 0 aliphatic heterocycles. The van der Waals surface area contributed by atoms with Gasteiger partial charge in [-0.1, -0.05) is 48.6 Å². The van der Waals surface area contributed by atoms with E-state index in [4.69, 9.17) is 11.6 Å². The van der Waals surface area contributed by atoms with Gasteiger partial charge in [-0.3, -0.25) is 9.59 Å². The molecule has 0 aromatic heterocycles. The molecule has 1 saturated carbocycles. The van der Waals surface area contributed by atoms with Crippen LogP contribution in [-0.2, 0) is 0 Å². The van der Waals surface area contributed by atoms with E-state index < -0.39 is 0 Å². The Morgan fingerprint density at radius 3 is 2.27 bits per heavy atom. The number of anilines is 1. The topological polar surface area (TPSA) is 58.2 Å². The Kier molecular flexibility index (Phi) is 5.94. The van der Waals surface area contributed by atoms with E-state index in [2.05, 4.69) is 10.6 Å². The zero-order chi connectivity index (χ0) is 18.5. The molecule has 136 valence electrons. The first-order valence-electron chi connectivity index (χ1n) is 9.01. The fourth-order valence-corrected chi connectivity index (χ4v) is 3.34. The van der Waals surface area contributed by atoms with Crippen LogP contribution in [-0.4, -0.2) is 17.9 Å². The van der Waals surface area contributed by atoms with E-state index in [-0.39, 0.29) is 17.9 Å². The molecule has 1 aliphatic rings. The predicted octanol–water partition coefficient (Wildman–Crippen LogP) is 4.96. The minimum absolute atomic E-state index is 0.126. The summed E-state index contributed by atoms with van der Waals surface area (Å²) in [7, 11) is 0. The molecule has 0 heterocycles. The lowest BCUT2D eigenvalue weighted by molar-refractivity contribution is 0.0926. The summed E-state index contributed by atoms with van der Waals surface area (Å²) in [5, 5.41) is 6.27. The number of amides is 2. The normalized spacial score (nSPS) is 14.7. The highest BCUT2D eigenvalue weighted by atomic mass is 35.5. The van der Waals surface area contributed by atoms with Gasteiger partial charge < -0.3 is 10.6 Å². The maximum absolute atomic E-state index is 12.5. The first-order chi connectivity index (χ1) is 12.5. The van der Waals surface area contributed by atoms with Crippen molar-refractivity contribution in [3.63, 3.8) is 0 Å². The van der Waals surface area contributed by atoms with Crippen LogP contribution in [0.3, 0.4) is 0 Å². The van der Waals surface area contributed by atoms with Crippen molar-refractivity contribution in [2.75, 3.05) is 5.32 Å². The van der Waals surface area contributed by atoms with Gasteiger partial charge in [0.15, 0.2) is 0 Å². The van der Waals surface area contributed by atoms with Crippen molar-refractivity contribution in [1.29, 1.82) is 0 Å². The van der Waals surface area contributed by atoms with E-state index in [1.165, 1.54) is 6.42 Å². The molecule has 3 rings (SSSR count). The van der Waals surface area contributed by atoms with Crippen LogP contribution in [0.2, 0.25) is 5.02 Å². The molecule has 26 heavy (non-hydrogen) atoms. The summed E-state index contributed by atoms with van der Waals surface area (Å²) in [6, 6.07) is 12.5. The maximum Gasteiger partial charge on any atom is 0.255 e. The van der Waals surface area contributed by atoms with Crippen LogP contribution in [0.1, 0.15) is 58.4 Å². The third-order valence-corrected chi connectivity index (χ3v) is 5.06. The minimum atomic E-state index is -0.253. The summed E-state index contributed by atoms with van der Waals surface area (Å²) in [5.74, 6) is -0.379. The smallest absolute Gasteiger partial charge is 0.255 e. The summed E-state index contributed by atoms with van der Waals surface area (Å²) in [6.45, 7) is 1.97. The van der Waals surface area contributed by atoms with Gasteiger partial charge in [-0.15, -0.1) is 0 Å². The lowest BCUT2D eigenvalue weighted by Crippen LogP contribution is -2.36. The van der Waals surface area contributed by atoms with Crippen LogP contribution in [0.5, 0.6) is 0 Å². The number of carbonyl (C=O) groups excluding carboxylic acids is 2. The third kappa shape index (κ3) is 4.64. The SMILES string of the molecule is Cc1ccc(C(=O)Nc2cc(C(=O)NC3CCCCC3)ccc2Cl)cc1. The van der Waals surface area contributed by atoms with E-state index in [0.29, 0.717) is 21.8 Å². The van der Waals surface area contributed by atoms with Crippen molar-refractivity contribution in [2.45, 2.75) is 45.1 Å². The van der Waals surface area contributed by atoms with E-state index in [0.717, 1.165) is 31.2 Å². The number of benzene rings is 2. The highest BCUT2D eigenvalue weighted by Crippen LogP contribution is 2.24. The van der Waals surface area contributed by atoms with Gasteiger partial charge in [-0.25, -0.2) is 0 Å². The van der Waals surface area contributed by atoms with Crippen molar-refractivity contribution < 1.29 is 9.59 Å². The first-order valence-corrected chi connectivity index (χ1v) is 9.39. The second kappa shape index (κ2) is 8.37. The summed E-state index contributed by atoms with van der Waals surface area (Å²) in [5.41, 5.74) is 2.57. The van der Waals surface area contributed by atoms with Gasteiger partial charge in [-0.05, 0) is 50.1 Å². The van der Waals surface area contributed by atoms with Crippen LogP contribution < -0.4 is 10.6 Å². The molecule has 0 spiro atoms. The van der Waals surface area contributed by atoms with Crippen molar-refractivity contribution in [2.24, 2.45) is 0 Å². The molecule has 0 saturated heterocycles. The van der Waals surface area contributed by atoms with Crippen LogP contribution in [0.25, 0.3) is 0 Å². The maximum atomic E-state index is 12.5. The Morgan fingerprint density at radius 2 is 1.58 bits per heavy atom. The molecule has 5 heteroatoms.